The molecule has 3 rings (SSSR count). The van der Waals surface area contributed by atoms with Crippen LogP contribution in [0.1, 0.15) is 32.6 Å². The Bertz CT molecular complexity index is 663. The summed E-state index contributed by atoms with van der Waals surface area (Å²) < 4.78 is 49.1. The van der Waals surface area contributed by atoms with Crippen molar-refractivity contribution in [1.29, 1.82) is 0 Å². The lowest BCUT2D eigenvalue weighted by atomic mass is 9.88. The fourth-order valence-electron chi connectivity index (χ4n) is 4.60. The zero-order chi connectivity index (χ0) is 15.5. The van der Waals surface area contributed by atoms with Gasteiger partial charge in [-0.1, -0.05) is 31.9 Å². The van der Waals surface area contributed by atoms with Crippen LogP contribution < -0.4 is 0 Å². The number of hydrogen-bond donors (Lipinski definition) is 1. The molecule has 0 radical (unpaired) electrons. The van der Waals surface area contributed by atoms with Crippen molar-refractivity contribution in [3.63, 3.8) is 0 Å². The van der Waals surface area contributed by atoms with E-state index < -0.39 is 41.5 Å². The van der Waals surface area contributed by atoms with Crippen molar-refractivity contribution in [2.45, 2.75) is 48.7 Å². The summed E-state index contributed by atoms with van der Waals surface area (Å²) in [4.78, 5) is 0. The van der Waals surface area contributed by atoms with Crippen molar-refractivity contribution in [2.24, 2.45) is 11.8 Å². The van der Waals surface area contributed by atoms with Gasteiger partial charge in [0.1, 0.15) is 4.75 Å². The monoisotopic (exact) mass is 334 g/mol. The fraction of sp³-hybridized carbons (Fsp3) is 0.857. The highest BCUT2D eigenvalue weighted by Gasteiger charge is 2.74. The molecule has 2 bridgehead atoms. The molecule has 0 amide bonds. The zero-order valence-corrected chi connectivity index (χ0v) is 13.7. The molecular weight excluding hydrogens is 312 g/mol. The first-order valence-electron chi connectivity index (χ1n) is 7.57. The molecule has 0 unspecified atom stereocenters. The van der Waals surface area contributed by atoms with Crippen LogP contribution in [-0.2, 0) is 19.7 Å². The summed E-state index contributed by atoms with van der Waals surface area (Å²) in [7, 11) is -7.22. The smallest absolute Gasteiger partial charge is 0.160 e. The SMILES string of the molecule is CCCCCS(=O)(=O)[C@@]12[C@H](O)CS(=O)(=O)[C@H]1[C@H]1C=C[C@H]2C1. The number of sulfone groups is 2. The fourth-order valence-corrected chi connectivity index (χ4v) is 10.7. The Balaban J connectivity index is 2.07. The molecule has 0 spiro atoms. The summed E-state index contributed by atoms with van der Waals surface area (Å²) in [5, 5.41) is 9.46. The predicted octanol–water partition coefficient (Wildman–Crippen LogP) is 0.694. The number of unbranched alkanes of at least 4 members (excludes halogenated alkanes) is 2. The van der Waals surface area contributed by atoms with Gasteiger partial charge in [-0.15, -0.1) is 0 Å². The Morgan fingerprint density at radius 3 is 2.67 bits per heavy atom. The van der Waals surface area contributed by atoms with Crippen molar-refractivity contribution < 1.29 is 21.9 Å². The van der Waals surface area contributed by atoms with Crippen LogP contribution in [0.4, 0.5) is 0 Å². The molecule has 1 aliphatic heterocycles. The minimum atomic E-state index is -3.66. The maximum atomic E-state index is 12.9. The van der Waals surface area contributed by atoms with Crippen molar-refractivity contribution in [3.8, 4) is 0 Å². The Labute approximate surface area is 126 Å². The highest BCUT2D eigenvalue weighted by Crippen LogP contribution is 2.59. The van der Waals surface area contributed by atoms with E-state index >= 15 is 0 Å². The van der Waals surface area contributed by atoms with E-state index in [0.717, 1.165) is 12.8 Å². The topological polar surface area (TPSA) is 88.5 Å². The molecular formula is C14H22O5S2. The Morgan fingerprint density at radius 1 is 1.29 bits per heavy atom. The second kappa shape index (κ2) is 4.80. The number of aliphatic hydroxyl groups excluding tert-OH is 1. The zero-order valence-electron chi connectivity index (χ0n) is 12.1. The molecule has 0 aromatic heterocycles. The molecule has 7 heteroatoms. The lowest BCUT2D eigenvalue weighted by molar-refractivity contribution is 0.142. The molecule has 1 N–H and O–H groups in total. The Hall–Kier alpha value is -0.400. The van der Waals surface area contributed by atoms with Crippen LogP contribution in [-0.4, -0.2) is 49.5 Å². The molecule has 5 nitrogen and oxygen atoms in total. The minimum absolute atomic E-state index is 0.0268. The number of aliphatic hydroxyl groups is 1. The number of hydrogen-bond acceptors (Lipinski definition) is 5. The quantitative estimate of drug-likeness (QED) is 0.590. The van der Waals surface area contributed by atoms with Gasteiger partial charge in [-0.05, 0) is 18.8 Å². The van der Waals surface area contributed by atoms with Gasteiger partial charge < -0.3 is 5.11 Å². The second-order valence-electron chi connectivity index (χ2n) is 6.54. The van der Waals surface area contributed by atoms with Crippen LogP contribution >= 0.6 is 0 Å². The van der Waals surface area contributed by atoms with E-state index in [-0.39, 0.29) is 17.6 Å². The molecule has 2 aliphatic carbocycles. The van der Waals surface area contributed by atoms with Crippen LogP contribution in [0.25, 0.3) is 0 Å². The number of allylic oxidation sites excluding steroid dienone is 2. The Morgan fingerprint density at radius 2 is 2.00 bits per heavy atom. The molecule has 1 heterocycles. The lowest BCUT2D eigenvalue weighted by Crippen LogP contribution is -2.57. The lowest BCUT2D eigenvalue weighted by Gasteiger charge is -2.37. The van der Waals surface area contributed by atoms with Gasteiger partial charge in [-0.2, -0.15) is 0 Å². The van der Waals surface area contributed by atoms with Gasteiger partial charge in [-0.3, -0.25) is 0 Å². The summed E-state index contributed by atoms with van der Waals surface area (Å²) in [6, 6.07) is 0. The minimum Gasteiger partial charge on any atom is -0.390 e. The van der Waals surface area contributed by atoms with Gasteiger partial charge in [0, 0.05) is 5.92 Å². The normalized spacial score (nSPS) is 43.3. The van der Waals surface area contributed by atoms with Crippen LogP contribution in [0.15, 0.2) is 12.2 Å². The molecule has 5 atom stereocenters. The van der Waals surface area contributed by atoms with Gasteiger partial charge in [0.2, 0.25) is 0 Å². The van der Waals surface area contributed by atoms with Crippen molar-refractivity contribution >= 4 is 19.7 Å². The van der Waals surface area contributed by atoms with E-state index in [1.165, 1.54) is 0 Å². The maximum Gasteiger partial charge on any atom is 0.160 e. The largest absolute Gasteiger partial charge is 0.390 e. The standard InChI is InChI=1S/C14H22O5S2/c1-2-3-4-7-21(18,19)14-11-6-5-10(8-11)13(14)20(16,17)9-12(14)15/h5-6,10-13,15H,2-4,7-9H2,1H3/t10-,11-,12+,13-,14-/m0/s1. The van der Waals surface area contributed by atoms with E-state index in [4.69, 9.17) is 0 Å². The van der Waals surface area contributed by atoms with Crippen LogP contribution in [0.2, 0.25) is 0 Å². The van der Waals surface area contributed by atoms with E-state index in [1.807, 2.05) is 19.1 Å². The van der Waals surface area contributed by atoms with Gasteiger partial charge in [-0.25, -0.2) is 16.8 Å². The summed E-state index contributed by atoms with van der Waals surface area (Å²) in [6.45, 7) is 1.99. The highest BCUT2D eigenvalue weighted by molar-refractivity contribution is 7.97. The van der Waals surface area contributed by atoms with Crippen LogP contribution in [0, 0.1) is 11.8 Å². The molecule has 120 valence electrons. The molecule has 2 fully saturated rings. The van der Waals surface area contributed by atoms with Gasteiger partial charge in [0.05, 0.1) is 22.9 Å². The third-order valence-corrected chi connectivity index (χ3v) is 10.6. The summed E-state index contributed by atoms with van der Waals surface area (Å²) in [5.41, 5.74) is 0. The maximum absolute atomic E-state index is 12.9. The molecule has 0 aromatic carbocycles. The second-order valence-corrected chi connectivity index (χ2v) is 11.0. The van der Waals surface area contributed by atoms with Gasteiger partial charge >= 0.3 is 0 Å². The number of rotatable bonds is 5. The molecule has 3 aliphatic rings. The van der Waals surface area contributed by atoms with Crippen molar-refractivity contribution in [2.75, 3.05) is 11.5 Å². The summed E-state index contributed by atoms with van der Waals surface area (Å²) in [5.74, 6) is -1.05. The van der Waals surface area contributed by atoms with Crippen LogP contribution in [0.5, 0.6) is 0 Å². The highest BCUT2D eigenvalue weighted by atomic mass is 32.2. The average Bonchev–Trinajstić information content (AvgIpc) is 3.01. The Kier molecular flexibility index (Phi) is 3.54. The average molecular weight is 334 g/mol. The number of fused-ring (bicyclic) bond motifs is 5. The molecule has 1 saturated heterocycles. The third kappa shape index (κ3) is 1.90. The van der Waals surface area contributed by atoms with E-state index in [0.29, 0.717) is 12.8 Å². The first kappa shape index (κ1) is 15.5. The molecule has 1 saturated carbocycles. The first-order valence-corrected chi connectivity index (χ1v) is 10.9. The summed E-state index contributed by atoms with van der Waals surface area (Å²) in [6.07, 6.45) is 5.10. The van der Waals surface area contributed by atoms with E-state index in [2.05, 4.69) is 0 Å². The molecule has 21 heavy (non-hydrogen) atoms. The van der Waals surface area contributed by atoms with Crippen molar-refractivity contribution in [3.05, 3.63) is 12.2 Å². The molecule has 0 aromatic rings. The van der Waals surface area contributed by atoms with E-state index in [9.17, 15) is 21.9 Å². The van der Waals surface area contributed by atoms with Gasteiger partial charge in [0.25, 0.3) is 0 Å². The predicted molar refractivity (Wildman–Crippen MR) is 80.4 cm³/mol. The summed E-state index contributed by atoms with van der Waals surface area (Å²) >= 11 is 0. The van der Waals surface area contributed by atoms with Gasteiger partial charge in [0.15, 0.2) is 19.7 Å². The first-order chi connectivity index (χ1) is 9.77. The third-order valence-electron chi connectivity index (χ3n) is 5.38. The van der Waals surface area contributed by atoms with Crippen molar-refractivity contribution in [1.82, 2.24) is 0 Å². The van der Waals surface area contributed by atoms with E-state index in [1.54, 1.807) is 0 Å². The van der Waals surface area contributed by atoms with Crippen LogP contribution in [0.3, 0.4) is 0 Å².